The zero-order valence-corrected chi connectivity index (χ0v) is 10.1. The number of hydrogen-bond donors (Lipinski definition) is 2. The summed E-state index contributed by atoms with van der Waals surface area (Å²) in [5, 5.41) is 0.971. The Kier molecular flexibility index (Phi) is 3.98. The number of thioether (sulfide) groups is 1. The van der Waals surface area contributed by atoms with Crippen molar-refractivity contribution >= 4 is 17.6 Å². The molecule has 6 heteroatoms. The summed E-state index contributed by atoms with van der Waals surface area (Å²) >= 11 is 1.70. The molecule has 0 amide bonds. The Hall–Kier alpha value is -0.850. The van der Waals surface area contributed by atoms with E-state index in [1.807, 2.05) is 6.92 Å². The summed E-state index contributed by atoms with van der Waals surface area (Å²) in [5.41, 5.74) is 3.56. The van der Waals surface area contributed by atoms with Crippen molar-refractivity contribution in [2.45, 2.75) is 30.9 Å². The lowest BCUT2D eigenvalue weighted by Crippen LogP contribution is -2.12. The van der Waals surface area contributed by atoms with Crippen molar-refractivity contribution in [3.63, 3.8) is 0 Å². The standard InChI is InChI=1S/C10H16N4OS/c1-7-9(14-11)12-6-13-10(7)16-5-8-3-2-4-15-8/h6,8H,2-5,11H2,1H3,(H,12,13,14). The number of hydrogen-bond acceptors (Lipinski definition) is 6. The third-order valence-corrected chi connectivity index (χ3v) is 3.83. The van der Waals surface area contributed by atoms with Crippen LogP contribution in [0, 0.1) is 6.92 Å². The SMILES string of the molecule is Cc1c(NN)ncnc1SCC1CCCO1. The minimum Gasteiger partial charge on any atom is -0.377 e. The quantitative estimate of drug-likeness (QED) is 0.358. The van der Waals surface area contributed by atoms with Gasteiger partial charge in [0.15, 0.2) is 0 Å². The van der Waals surface area contributed by atoms with Gasteiger partial charge in [-0.05, 0) is 19.8 Å². The van der Waals surface area contributed by atoms with Crippen LogP contribution in [0.5, 0.6) is 0 Å². The van der Waals surface area contributed by atoms with E-state index in [0.717, 1.165) is 29.4 Å². The summed E-state index contributed by atoms with van der Waals surface area (Å²) in [6.07, 6.45) is 4.22. The molecule has 1 aliphatic heterocycles. The minimum absolute atomic E-state index is 0.369. The molecule has 0 saturated carbocycles. The summed E-state index contributed by atoms with van der Waals surface area (Å²) in [5.74, 6) is 6.99. The van der Waals surface area contributed by atoms with E-state index in [9.17, 15) is 0 Å². The molecule has 0 aromatic carbocycles. The predicted molar refractivity (Wildman–Crippen MR) is 64.3 cm³/mol. The van der Waals surface area contributed by atoms with E-state index < -0.39 is 0 Å². The van der Waals surface area contributed by atoms with Gasteiger partial charge in [0.2, 0.25) is 0 Å². The maximum Gasteiger partial charge on any atom is 0.147 e. The Bertz CT molecular complexity index is 355. The molecule has 88 valence electrons. The largest absolute Gasteiger partial charge is 0.377 e. The van der Waals surface area contributed by atoms with Crippen molar-refractivity contribution in [3.05, 3.63) is 11.9 Å². The van der Waals surface area contributed by atoms with E-state index >= 15 is 0 Å². The number of nitrogens with one attached hydrogen (secondary N) is 1. The second kappa shape index (κ2) is 5.47. The average molecular weight is 240 g/mol. The number of nitrogen functional groups attached to an aromatic ring is 1. The lowest BCUT2D eigenvalue weighted by atomic mass is 10.3. The maximum absolute atomic E-state index is 5.57. The Morgan fingerprint density at radius 3 is 3.19 bits per heavy atom. The molecule has 0 bridgehead atoms. The average Bonchev–Trinajstić information content (AvgIpc) is 2.81. The van der Waals surface area contributed by atoms with Crippen molar-refractivity contribution in [2.75, 3.05) is 17.8 Å². The molecule has 1 aromatic heterocycles. The van der Waals surface area contributed by atoms with Crippen molar-refractivity contribution in [1.29, 1.82) is 0 Å². The number of nitrogens with two attached hydrogens (primary N) is 1. The van der Waals surface area contributed by atoms with Crippen LogP contribution in [-0.4, -0.2) is 28.4 Å². The number of rotatable bonds is 4. The molecular formula is C10H16N4OS. The first-order valence-corrected chi connectivity index (χ1v) is 6.32. The molecule has 0 radical (unpaired) electrons. The summed E-state index contributed by atoms with van der Waals surface area (Å²) in [6, 6.07) is 0. The third-order valence-electron chi connectivity index (χ3n) is 2.60. The molecule has 0 aliphatic carbocycles. The molecule has 0 spiro atoms. The highest BCUT2D eigenvalue weighted by Gasteiger charge is 2.16. The van der Waals surface area contributed by atoms with Crippen LogP contribution >= 0.6 is 11.8 Å². The van der Waals surface area contributed by atoms with Gasteiger partial charge >= 0.3 is 0 Å². The summed E-state index contributed by atoms with van der Waals surface area (Å²) < 4.78 is 5.57. The zero-order valence-electron chi connectivity index (χ0n) is 9.27. The van der Waals surface area contributed by atoms with Crippen LogP contribution in [-0.2, 0) is 4.74 Å². The van der Waals surface area contributed by atoms with Crippen LogP contribution in [0.1, 0.15) is 18.4 Å². The lowest BCUT2D eigenvalue weighted by molar-refractivity contribution is 0.129. The molecule has 16 heavy (non-hydrogen) atoms. The van der Waals surface area contributed by atoms with E-state index in [2.05, 4.69) is 15.4 Å². The molecule has 1 aromatic rings. The number of nitrogens with zero attached hydrogens (tertiary/aromatic N) is 2. The van der Waals surface area contributed by atoms with Crippen molar-refractivity contribution in [2.24, 2.45) is 5.84 Å². The van der Waals surface area contributed by atoms with Gasteiger partial charge in [0.25, 0.3) is 0 Å². The third kappa shape index (κ3) is 2.63. The van der Waals surface area contributed by atoms with Crippen LogP contribution in [0.3, 0.4) is 0 Å². The zero-order chi connectivity index (χ0) is 11.4. The van der Waals surface area contributed by atoms with Gasteiger partial charge in [-0.3, -0.25) is 0 Å². The Morgan fingerprint density at radius 2 is 2.50 bits per heavy atom. The van der Waals surface area contributed by atoms with E-state index in [1.165, 1.54) is 12.7 Å². The van der Waals surface area contributed by atoms with Gasteiger partial charge in [0.05, 0.1) is 6.10 Å². The number of anilines is 1. The smallest absolute Gasteiger partial charge is 0.147 e. The van der Waals surface area contributed by atoms with Crippen LogP contribution in [0.15, 0.2) is 11.4 Å². The number of hydrazine groups is 1. The van der Waals surface area contributed by atoms with E-state index in [-0.39, 0.29) is 0 Å². The minimum atomic E-state index is 0.369. The Labute approximate surface area is 99.2 Å². The molecular weight excluding hydrogens is 224 g/mol. The van der Waals surface area contributed by atoms with Gasteiger partial charge in [0, 0.05) is 17.9 Å². The van der Waals surface area contributed by atoms with Gasteiger partial charge in [-0.15, -0.1) is 11.8 Å². The van der Waals surface area contributed by atoms with Crippen molar-refractivity contribution < 1.29 is 4.74 Å². The molecule has 1 fully saturated rings. The first-order valence-electron chi connectivity index (χ1n) is 5.34. The van der Waals surface area contributed by atoms with Crippen molar-refractivity contribution in [1.82, 2.24) is 9.97 Å². The van der Waals surface area contributed by atoms with Crippen LogP contribution < -0.4 is 11.3 Å². The van der Waals surface area contributed by atoms with Gasteiger partial charge < -0.3 is 10.2 Å². The molecule has 1 saturated heterocycles. The molecule has 1 aliphatic rings. The van der Waals surface area contributed by atoms with Crippen LogP contribution in [0.2, 0.25) is 0 Å². The molecule has 1 atom stereocenters. The second-order valence-electron chi connectivity index (χ2n) is 3.74. The first kappa shape index (κ1) is 11.6. The summed E-state index contributed by atoms with van der Waals surface area (Å²) in [7, 11) is 0. The normalized spacial score (nSPS) is 20.0. The topological polar surface area (TPSA) is 73.1 Å². The van der Waals surface area contributed by atoms with Crippen molar-refractivity contribution in [3.8, 4) is 0 Å². The van der Waals surface area contributed by atoms with Gasteiger partial charge in [-0.25, -0.2) is 15.8 Å². The second-order valence-corrected chi connectivity index (χ2v) is 4.75. The van der Waals surface area contributed by atoms with Gasteiger partial charge in [-0.1, -0.05) is 0 Å². The fourth-order valence-electron chi connectivity index (χ4n) is 1.67. The number of aromatic nitrogens is 2. The van der Waals surface area contributed by atoms with Gasteiger partial charge in [-0.2, -0.15) is 0 Å². The van der Waals surface area contributed by atoms with E-state index in [4.69, 9.17) is 10.6 Å². The highest BCUT2D eigenvalue weighted by molar-refractivity contribution is 7.99. The molecule has 3 N–H and O–H groups in total. The molecule has 2 heterocycles. The fraction of sp³-hybridized carbons (Fsp3) is 0.600. The van der Waals surface area contributed by atoms with Crippen LogP contribution in [0.25, 0.3) is 0 Å². The fourth-order valence-corrected chi connectivity index (χ4v) is 2.71. The van der Waals surface area contributed by atoms with E-state index in [0.29, 0.717) is 11.9 Å². The molecule has 2 rings (SSSR count). The first-order chi connectivity index (χ1) is 7.81. The maximum atomic E-state index is 5.57. The van der Waals surface area contributed by atoms with E-state index in [1.54, 1.807) is 11.8 Å². The Balaban J connectivity index is 1.97. The number of ether oxygens (including phenoxy) is 1. The summed E-state index contributed by atoms with van der Waals surface area (Å²) in [6.45, 7) is 2.86. The summed E-state index contributed by atoms with van der Waals surface area (Å²) in [4.78, 5) is 8.29. The highest BCUT2D eigenvalue weighted by Crippen LogP contribution is 2.26. The monoisotopic (exact) mass is 240 g/mol. The molecule has 1 unspecified atom stereocenters. The molecule has 5 nitrogen and oxygen atoms in total. The predicted octanol–water partition coefficient (Wildman–Crippen LogP) is 1.34. The lowest BCUT2D eigenvalue weighted by Gasteiger charge is -2.11. The highest BCUT2D eigenvalue weighted by atomic mass is 32.2. The van der Waals surface area contributed by atoms with Crippen LogP contribution in [0.4, 0.5) is 5.82 Å². The Morgan fingerprint density at radius 1 is 1.62 bits per heavy atom. The van der Waals surface area contributed by atoms with Gasteiger partial charge in [0.1, 0.15) is 17.2 Å².